The van der Waals surface area contributed by atoms with Crippen LogP contribution < -0.4 is 5.32 Å². The highest BCUT2D eigenvalue weighted by Crippen LogP contribution is 2.10. The lowest BCUT2D eigenvalue weighted by Gasteiger charge is -2.32. The second kappa shape index (κ2) is 9.47. The van der Waals surface area contributed by atoms with Crippen molar-refractivity contribution < 1.29 is 18.3 Å². The summed E-state index contributed by atoms with van der Waals surface area (Å²) in [5, 5.41) is 3.15. The van der Waals surface area contributed by atoms with Crippen molar-refractivity contribution in [3.63, 3.8) is 0 Å². The summed E-state index contributed by atoms with van der Waals surface area (Å²) in [6.07, 6.45) is -0.228. The Morgan fingerprint density at radius 2 is 2.28 bits per heavy atom. The van der Waals surface area contributed by atoms with Crippen molar-refractivity contribution in [3.8, 4) is 0 Å². The van der Waals surface area contributed by atoms with Gasteiger partial charge in [-0.05, 0) is 19.9 Å². The predicted molar refractivity (Wildman–Crippen MR) is 67.3 cm³/mol. The number of amides is 1. The first kappa shape index (κ1) is 17.5. The number of piperidine rings is 1. The highest BCUT2D eigenvalue weighted by atomic mass is 35.5. The van der Waals surface area contributed by atoms with E-state index < -0.39 is 13.0 Å². The molecule has 0 aromatic rings. The SMILES string of the molecule is CNC1CCCN(C(=O)CCOCC(F)F)C1.Cl. The second-order valence-electron chi connectivity index (χ2n) is 4.18. The Labute approximate surface area is 112 Å². The van der Waals surface area contributed by atoms with Crippen LogP contribution in [-0.4, -0.2) is 56.6 Å². The first-order valence-electron chi connectivity index (χ1n) is 5.94. The average Bonchev–Trinajstić information content (AvgIpc) is 2.34. The van der Waals surface area contributed by atoms with Crippen molar-refractivity contribution in [1.82, 2.24) is 10.2 Å². The number of likely N-dealkylation sites (tertiary alicyclic amines) is 1. The quantitative estimate of drug-likeness (QED) is 0.748. The Morgan fingerprint density at radius 1 is 1.56 bits per heavy atom. The number of nitrogens with zero attached hydrogens (tertiary/aromatic N) is 1. The van der Waals surface area contributed by atoms with E-state index in [2.05, 4.69) is 5.32 Å². The fourth-order valence-electron chi connectivity index (χ4n) is 1.93. The fourth-order valence-corrected chi connectivity index (χ4v) is 1.93. The number of nitrogens with one attached hydrogen (secondary N) is 1. The molecule has 1 unspecified atom stereocenters. The van der Waals surface area contributed by atoms with E-state index in [1.165, 1.54) is 0 Å². The number of likely N-dealkylation sites (N-methyl/N-ethyl adjacent to an activating group) is 1. The van der Waals surface area contributed by atoms with Crippen LogP contribution >= 0.6 is 12.4 Å². The Morgan fingerprint density at radius 3 is 2.89 bits per heavy atom. The van der Waals surface area contributed by atoms with Gasteiger partial charge in [-0.25, -0.2) is 8.78 Å². The van der Waals surface area contributed by atoms with Crippen LogP contribution in [0, 0.1) is 0 Å². The molecule has 0 aromatic heterocycles. The van der Waals surface area contributed by atoms with Crippen LogP contribution in [-0.2, 0) is 9.53 Å². The number of alkyl halides is 2. The molecule has 0 aliphatic carbocycles. The first-order chi connectivity index (χ1) is 8.13. The monoisotopic (exact) mass is 286 g/mol. The largest absolute Gasteiger partial charge is 0.375 e. The van der Waals surface area contributed by atoms with Crippen LogP contribution in [0.3, 0.4) is 0 Å². The maximum absolute atomic E-state index is 11.8. The Balaban J connectivity index is 0.00000289. The molecule has 1 N–H and O–H groups in total. The van der Waals surface area contributed by atoms with Crippen molar-refractivity contribution in [2.75, 3.05) is 33.4 Å². The van der Waals surface area contributed by atoms with Gasteiger partial charge < -0.3 is 15.0 Å². The molecule has 1 heterocycles. The number of hydrogen-bond donors (Lipinski definition) is 1. The zero-order valence-corrected chi connectivity index (χ0v) is 11.3. The third kappa shape index (κ3) is 6.47. The van der Waals surface area contributed by atoms with Crippen LogP contribution in [0.2, 0.25) is 0 Å². The molecule has 0 aromatic carbocycles. The first-order valence-corrected chi connectivity index (χ1v) is 5.94. The van der Waals surface area contributed by atoms with E-state index in [0.717, 1.165) is 19.4 Å². The van der Waals surface area contributed by atoms with Gasteiger partial charge in [0.25, 0.3) is 6.43 Å². The van der Waals surface area contributed by atoms with Crippen molar-refractivity contribution in [2.24, 2.45) is 0 Å². The Kier molecular flexibility index (Phi) is 9.23. The molecule has 108 valence electrons. The van der Waals surface area contributed by atoms with Gasteiger partial charge in [0, 0.05) is 19.1 Å². The van der Waals surface area contributed by atoms with Gasteiger partial charge in [0.05, 0.1) is 13.0 Å². The smallest absolute Gasteiger partial charge is 0.261 e. The van der Waals surface area contributed by atoms with Crippen LogP contribution in [0.25, 0.3) is 0 Å². The molecule has 0 spiro atoms. The Bertz CT molecular complexity index is 245. The normalized spacial score (nSPS) is 19.8. The van der Waals surface area contributed by atoms with E-state index in [4.69, 9.17) is 4.74 Å². The molecule has 0 radical (unpaired) electrons. The number of halogens is 3. The molecule has 0 bridgehead atoms. The molecule has 1 aliphatic heterocycles. The summed E-state index contributed by atoms with van der Waals surface area (Å²) < 4.78 is 28.3. The van der Waals surface area contributed by atoms with Gasteiger partial charge in [0.2, 0.25) is 5.91 Å². The maximum atomic E-state index is 11.8. The molecule has 0 saturated carbocycles. The van der Waals surface area contributed by atoms with Crippen LogP contribution in [0.15, 0.2) is 0 Å². The minimum atomic E-state index is -2.46. The summed E-state index contributed by atoms with van der Waals surface area (Å²) in [6.45, 7) is 0.937. The fraction of sp³-hybridized carbons (Fsp3) is 0.909. The standard InChI is InChI=1S/C11H20F2N2O2.ClH/c1-14-9-3-2-5-15(7-9)11(16)4-6-17-8-10(12)13;/h9-10,14H,2-8H2,1H3;1H. The van der Waals surface area contributed by atoms with E-state index in [0.29, 0.717) is 12.6 Å². The van der Waals surface area contributed by atoms with E-state index in [1.807, 2.05) is 7.05 Å². The van der Waals surface area contributed by atoms with Crippen LogP contribution in [0.5, 0.6) is 0 Å². The summed E-state index contributed by atoms with van der Waals surface area (Å²) >= 11 is 0. The third-order valence-corrected chi connectivity index (χ3v) is 2.89. The number of ether oxygens (including phenoxy) is 1. The Hall–Kier alpha value is -0.460. The number of carbonyl (C=O) groups is 1. The molecule has 1 aliphatic rings. The predicted octanol–water partition coefficient (Wildman–Crippen LogP) is 1.29. The summed E-state index contributed by atoms with van der Waals surface area (Å²) in [6, 6.07) is 0.342. The lowest BCUT2D eigenvalue weighted by Crippen LogP contribution is -2.47. The van der Waals surface area contributed by atoms with Crippen molar-refractivity contribution in [3.05, 3.63) is 0 Å². The molecule has 4 nitrogen and oxygen atoms in total. The molecule has 18 heavy (non-hydrogen) atoms. The zero-order chi connectivity index (χ0) is 12.7. The molecule has 1 rings (SSSR count). The van der Waals surface area contributed by atoms with Gasteiger partial charge in [-0.3, -0.25) is 4.79 Å². The van der Waals surface area contributed by atoms with Gasteiger partial charge in [-0.15, -0.1) is 12.4 Å². The zero-order valence-electron chi connectivity index (χ0n) is 10.5. The van der Waals surface area contributed by atoms with Crippen LogP contribution in [0.1, 0.15) is 19.3 Å². The number of carbonyl (C=O) groups excluding carboxylic acids is 1. The van der Waals surface area contributed by atoms with Crippen molar-refractivity contribution in [1.29, 1.82) is 0 Å². The molecule has 1 atom stereocenters. The molecule has 1 fully saturated rings. The third-order valence-electron chi connectivity index (χ3n) is 2.89. The molecule has 1 amide bonds. The lowest BCUT2D eigenvalue weighted by molar-refractivity contribution is -0.134. The summed E-state index contributed by atoms with van der Waals surface area (Å²) in [4.78, 5) is 13.5. The van der Waals surface area contributed by atoms with E-state index in [9.17, 15) is 13.6 Å². The van der Waals surface area contributed by atoms with Gasteiger partial charge >= 0.3 is 0 Å². The summed E-state index contributed by atoms with van der Waals surface area (Å²) in [5.74, 6) is -0.0146. The van der Waals surface area contributed by atoms with Gasteiger partial charge in [0.1, 0.15) is 6.61 Å². The van der Waals surface area contributed by atoms with Gasteiger partial charge in [-0.1, -0.05) is 0 Å². The average molecular weight is 287 g/mol. The molecular formula is C11H21ClF2N2O2. The highest BCUT2D eigenvalue weighted by Gasteiger charge is 2.22. The van der Waals surface area contributed by atoms with Gasteiger partial charge in [-0.2, -0.15) is 0 Å². The highest BCUT2D eigenvalue weighted by molar-refractivity contribution is 5.85. The van der Waals surface area contributed by atoms with Crippen LogP contribution in [0.4, 0.5) is 8.78 Å². The number of hydrogen-bond acceptors (Lipinski definition) is 3. The van der Waals surface area contributed by atoms with E-state index >= 15 is 0 Å². The van der Waals surface area contributed by atoms with Gasteiger partial charge in [0.15, 0.2) is 0 Å². The minimum Gasteiger partial charge on any atom is -0.375 e. The molecule has 7 heteroatoms. The lowest BCUT2D eigenvalue weighted by atomic mass is 10.1. The molecular weight excluding hydrogens is 266 g/mol. The maximum Gasteiger partial charge on any atom is 0.261 e. The minimum absolute atomic E-state index is 0. The second-order valence-corrected chi connectivity index (χ2v) is 4.18. The molecule has 1 saturated heterocycles. The number of rotatable bonds is 6. The summed E-state index contributed by atoms with van der Waals surface area (Å²) in [7, 11) is 1.88. The summed E-state index contributed by atoms with van der Waals surface area (Å²) in [5.41, 5.74) is 0. The van der Waals surface area contributed by atoms with E-state index in [1.54, 1.807) is 4.90 Å². The van der Waals surface area contributed by atoms with E-state index in [-0.39, 0.29) is 31.3 Å². The van der Waals surface area contributed by atoms with Crippen molar-refractivity contribution in [2.45, 2.75) is 31.7 Å². The topological polar surface area (TPSA) is 41.6 Å². The van der Waals surface area contributed by atoms with Crippen molar-refractivity contribution >= 4 is 18.3 Å².